The SMILES string of the molecule is CN=C(NCC1(CCOC)CC1)NCC(C)(C)OC. The fraction of sp³-hybridized carbons (Fsp3) is 0.929. The molecule has 0 bridgehead atoms. The van der Waals surface area contributed by atoms with Crippen LogP contribution in [-0.4, -0.2) is 52.5 Å². The van der Waals surface area contributed by atoms with E-state index in [1.165, 1.54) is 12.8 Å². The van der Waals surface area contributed by atoms with Crippen LogP contribution in [0.1, 0.15) is 33.1 Å². The first-order chi connectivity index (χ1) is 8.97. The van der Waals surface area contributed by atoms with E-state index in [2.05, 4.69) is 15.6 Å². The van der Waals surface area contributed by atoms with Gasteiger partial charge in [0, 0.05) is 41.0 Å². The van der Waals surface area contributed by atoms with E-state index in [0.29, 0.717) is 5.41 Å². The van der Waals surface area contributed by atoms with Crippen LogP contribution in [0.2, 0.25) is 0 Å². The second-order valence-electron chi connectivity index (χ2n) is 5.99. The van der Waals surface area contributed by atoms with E-state index >= 15 is 0 Å². The lowest BCUT2D eigenvalue weighted by Crippen LogP contribution is -2.46. The number of nitrogens with zero attached hydrogens (tertiary/aromatic N) is 1. The van der Waals surface area contributed by atoms with Gasteiger partial charge in [-0.3, -0.25) is 4.99 Å². The second-order valence-corrected chi connectivity index (χ2v) is 5.99. The highest BCUT2D eigenvalue weighted by Gasteiger charge is 2.41. The Labute approximate surface area is 117 Å². The van der Waals surface area contributed by atoms with Crippen molar-refractivity contribution in [2.24, 2.45) is 10.4 Å². The number of rotatable bonds is 8. The average Bonchev–Trinajstić information content (AvgIpc) is 3.17. The average molecular weight is 271 g/mol. The lowest BCUT2D eigenvalue weighted by Gasteiger charge is -2.25. The maximum Gasteiger partial charge on any atom is 0.191 e. The highest BCUT2D eigenvalue weighted by molar-refractivity contribution is 5.79. The Morgan fingerprint density at radius 3 is 2.42 bits per heavy atom. The standard InChI is InChI=1S/C14H29N3O2/c1-13(2,19-5)10-16-12(15-3)17-11-14(6-7-14)8-9-18-4/h6-11H2,1-5H3,(H2,15,16,17). The Kier molecular flexibility index (Phi) is 6.07. The van der Waals surface area contributed by atoms with Crippen molar-refractivity contribution in [3.05, 3.63) is 0 Å². The van der Waals surface area contributed by atoms with Crippen LogP contribution in [0.15, 0.2) is 4.99 Å². The fourth-order valence-electron chi connectivity index (χ4n) is 1.87. The summed E-state index contributed by atoms with van der Waals surface area (Å²) >= 11 is 0. The van der Waals surface area contributed by atoms with E-state index < -0.39 is 0 Å². The summed E-state index contributed by atoms with van der Waals surface area (Å²) in [6, 6.07) is 0. The molecule has 5 nitrogen and oxygen atoms in total. The van der Waals surface area contributed by atoms with Crippen LogP contribution in [0.25, 0.3) is 0 Å². The highest BCUT2D eigenvalue weighted by atomic mass is 16.5. The fourth-order valence-corrected chi connectivity index (χ4v) is 1.87. The highest BCUT2D eigenvalue weighted by Crippen LogP contribution is 2.48. The first kappa shape index (κ1) is 16.2. The summed E-state index contributed by atoms with van der Waals surface area (Å²) < 4.78 is 10.5. The summed E-state index contributed by atoms with van der Waals surface area (Å²) in [5, 5.41) is 6.71. The maximum atomic E-state index is 5.38. The molecule has 0 saturated heterocycles. The van der Waals surface area contributed by atoms with Gasteiger partial charge in [-0.1, -0.05) is 0 Å². The molecule has 1 aliphatic rings. The van der Waals surface area contributed by atoms with Crippen molar-refractivity contribution in [2.45, 2.75) is 38.7 Å². The molecule has 1 saturated carbocycles. The number of aliphatic imine (C=N–C) groups is 1. The van der Waals surface area contributed by atoms with Gasteiger partial charge in [-0.15, -0.1) is 0 Å². The molecular weight excluding hydrogens is 242 g/mol. The van der Waals surface area contributed by atoms with Crippen LogP contribution in [0.5, 0.6) is 0 Å². The van der Waals surface area contributed by atoms with Crippen LogP contribution < -0.4 is 10.6 Å². The third-order valence-electron chi connectivity index (χ3n) is 3.88. The van der Waals surface area contributed by atoms with Crippen LogP contribution in [0, 0.1) is 5.41 Å². The van der Waals surface area contributed by atoms with Crippen molar-refractivity contribution >= 4 is 5.96 Å². The molecule has 5 heteroatoms. The van der Waals surface area contributed by atoms with Crippen LogP contribution >= 0.6 is 0 Å². The maximum absolute atomic E-state index is 5.38. The van der Waals surface area contributed by atoms with E-state index in [0.717, 1.165) is 32.1 Å². The van der Waals surface area contributed by atoms with Crippen LogP contribution in [0.4, 0.5) is 0 Å². The Bertz CT molecular complexity index is 299. The lowest BCUT2D eigenvalue weighted by atomic mass is 10.0. The zero-order valence-corrected chi connectivity index (χ0v) is 13.0. The molecule has 0 amide bonds. The zero-order valence-electron chi connectivity index (χ0n) is 13.0. The first-order valence-electron chi connectivity index (χ1n) is 6.95. The molecule has 1 fully saturated rings. The second kappa shape index (κ2) is 7.10. The Hall–Kier alpha value is -0.810. The predicted molar refractivity (Wildman–Crippen MR) is 78.6 cm³/mol. The van der Waals surface area contributed by atoms with Gasteiger partial charge in [0.15, 0.2) is 5.96 Å². The number of guanidine groups is 1. The van der Waals surface area contributed by atoms with Crippen molar-refractivity contribution in [1.82, 2.24) is 10.6 Å². The lowest BCUT2D eigenvalue weighted by molar-refractivity contribution is 0.0268. The zero-order chi connectivity index (χ0) is 14.4. The molecular formula is C14H29N3O2. The van der Waals surface area contributed by atoms with Gasteiger partial charge >= 0.3 is 0 Å². The van der Waals surface area contributed by atoms with Crippen molar-refractivity contribution in [1.29, 1.82) is 0 Å². The third kappa shape index (κ3) is 5.78. The molecule has 0 aromatic carbocycles. The molecule has 0 aliphatic heterocycles. The first-order valence-corrected chi connectivity index (χ1v) is 6.95. The molecule has 1 aliphatic carbocycles. The molecule has 0 aromatic heterocycles. The van der Waals surface area contributed by atoms with Gasteiger partial charge in [-0.05, 0) is 38.5 Å². The van der Waals surface area contributed by atoms with E-state index in [1.807, 2.05) is 13.8 Å². The van der Waals surface area contributed by atoms with E-state index in [4.69, 9.17) is 9.47 Å². The molecule has 1 rings (SSSR count). The van der Waals surface area contributed by atoms with E-state index in [9.17, 15) is 0 Å². The van der Waals surface area contributed by atoms with Gasteiger partial charge in [0.2, 0.25) is 0 Å². The third-order valence-corrected chi connectivity index (χ3v) is 3.88. The molecule has 2 N–H and O–H groups in total. The molecule has 0 aromatic rings. The topological polar surface area (TPSA) is 54.9 Å². The smallest absolute Gasteiger partial charge is 0.191 e. The Morgan fingerprint density at radius 2 is 1.95 bits per heavy atom. The van der Waals surface area contributed by atoms with Crippen molar-refractivity contribution in [2.75, 3.05) is 41.0 Å². The molecule has 19 heavy (non-hydrogen) atoms. The number of hydrogen-bond donors (Lipinski definition) is 2. The van der Waals surface area contributed by atoms with Gasteiger partial charge in [0.1, 0.15) is 0 Å². The van der Waals surface area contributed by atoms with Gasteiger partial charge < -0.3 is 20.1 Å². The van der Waals surface area contributed by atoms with Gasteiger partial charge in [0.05, 0.1) is 5.60 Å². The summed E-state index contributed by atoms with van der Waals surface area (Å²) in [5.74, 6) is 0.841. The summed E-state index contributed by atoms with van der Waals surface area (Å²) in [6.07, 6.45) is 3.69. The summed E-state index contributed by atoms with van der Waals surface area (Å²) in [4.78, 5) is 4.24. The monoisotopic (exact) mass is 271 g/mol. The quantitative estimate of drug-likeness (QED) is 0.517. The number of nitrogens with one attached hydrogen (secondary N) is 2. The summed E-state index contributed by atoms with van der Waals surface area (Å²) in [7, 11) is 5.28. The Balaban J connectivity index is 2.30. The summed E-state index contributed by atoms with van der Waals surface area (Å²) in [6.45, 7) is 6.63. The molecule has 112 valence electrons. The predicted octanol–water partition coefficient (Wildman–Crippen LogP) is 1.39. The minimum absolute atomic E-state index is 0.190. The molecule has 0 atom stereocenters. The largest absolute Gasteiger partial charge is 0.385 e. The van der Waals surface area contributed by atoms with Crippen molar-refractivity contribution in [3.63, 3.8) is 0 Å². The van der Waals surface area contributed by atoms with Gasteiger partial charge in [0.25, 0.3) is 0 Å². The Morgan fingerprint density at radius 1 is 1.26 bits per heavy atom. The normalized spacial score (nSPS) is 18.3. The van der Waals surface area contributed by atoms with E-state index in [1.54, 1.807) is 21.3 Å². The number of methoxy groups -OCH3 is 2. The minimum Gasteiger partial charge on any atom is -0.385 e. The van der Waals surface area contributed by atoms with Gasteiger partial charge in [-0.2, -0.15) is 0 Å². The number of ether oxygens (including phenoxy) is 2. The van der Waals surface area contributed by atoms with E-state index in [-0.39, 0.29) is 5.60 Å². The molecule has 0 unspecified atom stereocenters. The van der Waals surface area contributed by atoms with Crippen molar-refractivity contribution in [3.8, 4) is 0 Å². The molecule has 0 spiro atoms. The van der Waals surface area contributed by atoms with Crippen LogP contribution in [0.3, 0.4) is 0 Å². The van der Waals surface area contributed by atoms with Gasteiger partial charge in [-0.25, -0.2) is 0 Å². The minimum atomic E-state index is -0.190. The number of hydrogen-bond acceptors (Lipinski definition) is 3. The summed E-state index contributed by atoms with van der Waals surface area (Å²) in [5.41, 5.74) is 0.231. The molecule has 0 radical (unpaired) electrons. The molecule has 0 heterocycles. The van der Waals surface area contributed by atoms with Crippen molar-refractivity contribution < 1.29 is 9.47 Å². The van der Waals surface area contributed by atoms with Crippen LogP contribution in [-0.2, 0) is 9.47 Å².